The lowest BCUT2D eigenvalue weighted by Crippen LogP contribution is -2.71. The van der Waals surface area contributed by atoms with Gasteiger partial charge in [-0.05, 0) is 117 Å². The molecule has 0 radical (unpaired) electrons. The zero-order valence-electron chi connectivity index (χ0n) is 40.4. The molecule has 378 valence electrons. The highest BCUT2D eigenvalue weighted by atomic mass is 16.6. The van der Waals surface area contributed by atoms with E-state index in [1.807, 2.05) is 42.6 Å². The third kappa shape index (κ3) is 11.8. The molecule has 2 saturated heterocycles. The molecule has 71 heavy (non-hydrogen) atoms. The van der Waals surface area contributed by atoms with Gasteiger partial charge < -0.3 is 70.6 Å². The van der Waals surface area contributed by atoms with Gasteiger partial charge in [-0.25, -0.2) is 0 Å². The van der Waals surface area contributed by atoms with Gasteiger partial charge in [0, 0.05) is 82.1 Å². The molecular formula is C53H67N9O9. The average Bonchev–Trinajstić information content (AvgIpc) is 3.98. The van der Waals surface area contributed by atoms with Crippen LogP contribution in [-0.4, -0.2) is 104 Å². The molecule has 11 N–H and O–H groups in total. The van der Waals surface area contributed by atoms with Gasteiger partial charge in [-0.2, -0.15) is 0 Å². The molecule has 18 nitrogen and oxygen atoms in total. The zero-order chi connectivity index (χ0) is 49.5. The third-order valence-electron chi connectivity index (χ3n) is 14.2. The molecule has 3 aromatic heterocycles. The van der Waals surface area contributed by atoms with Gasteiger partial charge in [-0.1, -0.05) is 18.2 Å². The fraction of sp³-hybridized carbons (Fsp3) is 0.453. The lowest BCUT2D eigenvalue weighted by molar-refractivity contribution is -0.160. The number of aromatic hydroxyl groups is 3. The van der Waals surface area contributed by atoms with E-state index in [0.29, 0.717) is 74.7 Å². The van der Waals surface area contributed by atoms with Gasteiger partial charge in [-0.3, -0.25) is 20.1 Å². The maximum absolute atomic E-state index is 12.2. The van der Waals surface area contributed by atoms with Gasteiger partial charge >= 0.3 is 5.97 Å². The maximum atomic E-state index is 12.2. The van der Waals surface area contributed by atoms with Crippen LogP contribution in [0.25, 0.3) is 10.9 Å². The van der Waals surface area contributed by atoms with Crippen molar-refractivity contribution in [3.05, 3.63) is 120 Å². The normalized spacial score (nSPS) is 25.4. The number of phenolic OH excluding ortho intramolecular Hbond substituents is 3. The molecule has 3 fully saturated rings. The first kappa shape index (κ1) is 49.1. The van der Waals surface area contributed by atoms with Gasteiger partial charge in [0.25, 0.3) is 0 Å². The molecule has 1 aliphatic carbocycles. The number of aromatic nitrogens is 3. The number of allylic oxidation sites excluding steroid dienone is 2. The van der Waals surface area contributed by atoms with Crippen LogP contribution in [0.3, 0.4) is 0 Å². The number of fused-ring (bicyclic) bond motifs is 1. The van der Waals surface area contributed by atoms with Gasteiger partial charge in [0.1, 0.15) is 24.6 Å². The number of phenols is 3. The van der Waals surface area contributed by atoms with Crippen LogP contribution in [0.4, 0.5) is 0 Å². The fourth-order valence-electron chi connectivity index (χ4n) is 10.8. The molecule has 1 saturated carbocycles. The number of H-pyrrole nitrogens is 1. The predicted octanol–water partition coefficient (Wildman–Crippen LogP) is 5.96. The number of rotatable bonds is 18. The Morgan fingerprint density at radius 1 is 1.06 bits per heavy atom. The molecule has 5 aromatic rings. The van der Waals surface area contributed by atoms with E-state index in [0.717, 1.165) is 54.1 Å². The van der Waals surface area contributed by atoms with Crippen molar-refractivity contribution in [3.8, 4) is 28.7 Å². The summed E-state index contributed by atoms with van der Waals surface area (Å²) < 4.78 is 27.2. The van der Waals surface area contributed by atoms with Gasteiger partial charge in [0.2, 0.25) is 5.75 Å². The molecule has 0 bridgehead atoms. The quantitative estimate of drug-likeness (QED) is 0.0211. The SMILES string of the molecule is CNC(O)C1C(n2cc3cc[nH]c3c2)NC(=NCCCC2=CCNC(N)=C2)NC12CCCC(Oc1cc(CCC3CC(OC(C)=O)CC(c4cc(O)c(O)c(OCCc5cccnc5)c4)O3)ccc1O)C2. The second kappa shape index (κ2) is 22.0. The number of carbonyl (C=O) groups excluding carboxylic acids is 1. The Hall–Kier alpha value is -6.89. The Bertz CT molecular complexity index is 2690. The average molecular weight is 974 g/mol. The second-order valence-electron chi connectivity index (χ2n) is 19.2. The van der Waals surface area contributed by atoms with Crippen molar-refractivity contribution < 1.29 is 44.2 Å². The highest BCUT2D eigenvalue weighted by molar-refractivity contribution is 5.83. The van der Waals surface area contributed by atoms with E-state index in [2.05, 4.69) is 54.3 Å². The molecule has 2 aromatic carbocycles. The summed E-state index contributed by atoms with van der Waals surface area (Å²) in [6, 6.07) is 14.3. The van der Waals surface area contributed by atoms with E-state index in [9.17, 15) is 25.2 Å². The van der Waals surface area contributed by atoms with Gasteiger partial charge in [0.05, 0.1) is 41.6 Å². The summed E-state index contributed by atoms with van der Waals surface area (Å²) in [6.45, 7) is 2.92. The van der Waals surface area contributed by atoms with Crippen LogP contribution < -0.4 is 36.5 Å². The summed E-state index contributed by atoms with van der Waals surface area (Å²) in [5, 5.41) is 59.4. The summed E-state index contributed by atoms with van der Waals surface area (Å²) in [6.07, 6.45) is 17.7. The van der Waals surface area contributed by atoms with E-state index in [4.69, 9.17) is 29.7 Å². The molecule has 9 rings (SSSR count). The van der Waals surface area contributed by atoms with Crippen molar-refractivity contribution in [2.24, 2.45) is 16.6 Å². The highest BCUT2D eigenvalue weighted by Gasteiger charge is 2.54. The fourth-order valence-corrected chi connectivity index (χ4v) is 10.8. The Morgan fingerprint density at radius 2 is 1.94 bits per heavy atom. The minimum Gasteiger partial charge on any atom is -0.504 e. The smallest absolute Gasteiger partial charge is 0.302 e. The first-order valence-corrected chi connectivity index (χ1v) is 24.8. The zero-order valence-corrected chi connectivity index (χ0v) is 40.4. The molecule has 8 unspecified atom stereocenters. The number of aryl methyl sites for hydroxylation is 1. The Morgan fingerprint density at radius 3 is 2.75 bits per heavy atom. The lowest BCUT2D eigenvalue weighted by atomic mass is 9.68. The monoisotopic (exact) mass is 974 g/mol. The van der Waals surface area contributed by atoms with Crippen LogP contribution in [0.2, 0.25) is 0 Å². The number of aliphatic hydroxyl groups is 1. The number of dihydropyridines is 1. The first-order chi connectivity index (χ1) is 34.4. The standard InChI is InChI=1S/C53H67N9O9/c1-32(63)69-40-26-38(70-44(27-40)37-24-43(65)49(66)46(25-37)68-21-15-35-7-4-17-56-29-35)11-9-34-10-12-42(64)45(22-34)71-39-8-3-16-53(28-39)48(51(67)55-2)50(62-30-36-14-20-57-41(36)31-62)60-52(61-53)59-18-5-6-33-13-19-58-47(54)23-33/h4,7,10,12-14,17,20,22-25,29-31,38-40,44,48,50-51,55,57-58,64-67H,3,5-6,8-9,11,15-16,18-19,21,26-28,54H2,1-2H3,(H2,59,60,61). The van der Waals surface area contributed by atoms with Crippen molar-refractivity contribution in [1.82, 2.24) is 35.8 Å². The summed E-state index contributed by atoms with van der Waals surface area (Å²) in [5.41, 5.74) is 10.0. The van der Waals surface area contributed by atoms with E-state index in [1.165, 1.54) is 18.6 Å². The molecule has 0 amide bonds. The second-order valence-corrected chi connectivity index (χ2v) is 19.2. The maximum Gasteiger partial charge on any atom is 0.302 e. The number of aliphatic imine (C=N–C) groups is 1. The van der Waals surface area contributed by atoms with Crippen molar-refractivity contribution in [2.45, 2.75) is 120 Å². The molecule has 3 aliphatic heterocycles. The molecule has 6 heterocycles. The number of guanidine groups is 1. The van der Waals surface area contributed by atoms with Crippen LogP contribution in [-0.2, 0) is 27.1 Å². The highest BCUT2D eigenvalue weighted by Crippen LogP contribution is 2.46. The topological polar surface area (TPSA) is 255 Å². The summed E-state index contributed by atoms with van der Waals surface area (Å²) in [5.74, 6) is 0.361. The number of hydrogen-bond donors (Lipinski definition) is 10. The van der Waals surface area contributed by atoms with Crippen molar-refractivity contribution in [3.63, 3.8) is 0 Å². The number of hydrogen-bond acceptors (Lipinski definition) is 14. The van der Waals surface area contributed by atoms with Crippen molar-refractivity contribution >= 4 is 22.8 Å². The number of carbonyl (C=O) groups is 1. The lowest BCUT2D eigenvalue weighted by Gasteiger charge is -2.54. The third-order valence-corrected chi connectivity index (χ3v) is 14.2. The minimum atomic E-state index is -0.901. The molecule has 1 spiro atoms. The van der Waals surface area contributed by atoms with Crippen LogP contribution in [0.1, 0.15) is 93.7 Å². The van der Waals surface area contributed by atoms with E-state index in [-0.39, 0.29) is 53.9 Å². The van der Waals surface area contributed by atoms with Gasteiger partial charge in [-0.15, -0.1) is 0 Å². The largest absolute Gasteiger partial charge is 0.504 e. The number of esters is 1. The van der Waals surface area contributed by atoms with Crippen LogP contribution in [0.15, 0.2) is 108 Å². The van der Waals surface area contributed by atoms with Crippen LogP contribution in [0.5, 0.6) is 28.7 Å². The number of aliphatic hydroxyl groups excluding tert-OH is 1. The Labute approximate surface area is 413 Å². The number of nitrogens with two attached hydrogens (primary N) is 1. The Kier molecular flexibility index (Phi) is 15.2. The number of benzene rings is 2. The number of aromatic amines is 1. The molecule has 4 aliphatic rings. The minimum absolute atomic E-state index is 0.0240. The van der Waals surface area contributed by atoms with Crippen molar-refractivity contribution in [2.75, 3.05) is 26.7 Å². The molecular weight excluding hydrogens is 907 g/mol. The van der Waals surface area contributed by atoms with E-state index < -0.39 is 29.9 Å². The van der Waals surface area contributed by atoms with Crippen molar-refractivity contribution in [1.29, 1.82) is 0 Å². The predicted molar refractivity (Wildman–Crippen MR) is 268 cm³/mol. The number of ether oxygens (including phenoxy) is 4. The number of nitrogens with zero attached hydrogens (tertiary/aromatic N) is 3. The van der Waals surface area contributed by atoms with Crippen LogP contribution in [0, 0.1) is 5.92 Å². The van der Waals surface area contributed by atoms with Crippen LogP contribution >= 0.6 is 0 Å². The molecule has 8 atom stereocenters. The Balaban J connectivity index is 0.898. The summed E-state index contributed by atoms with van der Waals surface area (Å²) in [4.78, 5) is 24.7. The summed E-state index contributed by atoms with van der Waals surface area (Å²) in [7, 11) is 1.77. The number of pyridine rings is 1. The first-order valence-electron chi connectivity index (χ1n) is 24.8. The number of nitrogens with one attached hydrogen (secondary N) is 5. The summed E-state index contributed by atoms with van der Waals surface area (Å²) >= 11 is 0. The van der Waals surface area contributed by atoms with E-state index >= 15 is 0 Å². The van der Waals surface area contributed by atoms with Gasteiger partial charge in [0.15, 0.2) is 29.0 Å². The van der Waals surface area contributed by atoms with E-state index in [1.54, 1.807) is 31.6 Å². The molecule has 18 heteroatoms.